The van der Waals surface area contributed by atoms with Crippen molar-refractivity contribution in [1.82, 2.24) is 10.3 Å². The van der Waals surface area contributed by atoms with Gasteiger partial charge in [0.2, 0.25) is 0 Å². The molecule has 2 rings (SSSR count). The molecule has 0 saturated carbocycles. The molecular weight excluding hydrogens is 328 g/mol. The zero-order valence-corrected chi connectivity index (χ0v) is 15.0. The van der Waals surface area contributed by atoms with E-state index >= 15 is 0 Å². The second-order valence-corrected chi connectivity index (χ2v) is 5.92. The second kappa shape index (κ2) is 9.33. The van der Waals surface area contributed by atoms with Crippen LogP contribution in [0.5, 0.6) is 0 Å². The Morgan fingerprint density at radius 2 is 2.23 bits per heavy atom. The number of urea groups is 1. The minimum absolute atomic E-state index is 0.300. The van der Waals surface area contributed by atoms with Crippen LogP contribution in [0.25, 0.3) is 0 Å². The van der Waals surface area contributed by atoms with E-state index in [0.717, 1.165) is 24.8 Å². The monoisotopic (exact) mass is 350 g/mol. The molecule has 134 valence electrons. The van der Waals surface area contributed by atoms with Gasteiger partial charge in [0, 0.05) is 12.2 Å². The van der Waals surface area contributed by atoms with Crippen LogP contribution in [0.4, 0.5) is 10.6 Å². The summed E-state index contributed by atoms with van der Waals surface area (Å²) in [6.45, 7) is 4.29. The molecule has 0 unspecified atom stereocenters. The summed E-state index contributed by atoms with van der Waals surface area (Å²) < 4.78 is 0. The number of aldehydes is 1. The summed E-state index contributed by atoms with van der Waals surface area (Å²) in [5.41, 5.74) is 2.39. The van der Waals surface area contributed by atoms with Gasteiger partial charge >= 0.3 is 6.03 Å². The first-order valence-electron chi connectivity index (χ1n) is 8.58. The molecule has 0 radical (unpaired) electrons. The lowest BCUT2D eigenvalue weighted by molar-refractivity contribution is 0.111. The van der Waals surface area contributed by atoms with Gasteiger partial charge in [0.25, 0.3) is 0 Å². The second-order valence-electron chi connectivity index (χ2n) is 5.92. The predicted molar refractivity (Wildman–Crippen MR) is 101 cm³/mol. The molecule has 1 aliphatic rings. The normalized spacial score (nSPS) is 14.7. The highest BCUT2D eigenvalue weighted by atomic mass is 16.2. The summed E-state index contributed by atoms with van der Waals surface area (Å²) in [6, 6.07) is 5.30. The third-order valence-electron chi connectivity index (χ3n) is 3.91. The smallest absolute Gasteiger partial charge is 0.312 e. The first-order chi connectivity index (χ1) is 12.6. The minimum Gasteiger partial charge on any atom is -0.312 e. The molecule has 1 N–H and O–H groups in total. The van der Waals surface area contributed by atoms with E-state index in [1.54, 1.807) is 36.1 Å². The van der Waals surface area contributed by atoms with Crippen LogP contribution in [0.1, 0.15) is 42.7 Å². The number of nitrogens with zero attached hydrogens (tertiary/aromatic N) is 3. The van der Waals surface area contributed by atoms with Crippen LogP contribution in [0.15, 0.2) is 47.7 Å². The molecule has 0 fully saturated rings. The van der Waals surface area contributed by atoms with Crippen LogP contribution in [0, 0.1) is 11.3 Å². The number of aromatic nitrogens is 1. The number of aryl methyl sites for hydroxylation is 1. The maximum atomic E-state index is 12.6. The van der Waals surface area contributed by atoms with E-state index in [0.29, 0.717) is 35.6 Å². The SMILES string of the molecule is CC/C=C/C(C#N)=C\C=C(/C)NC(=O)N1CCCc2ccc(C=O)nc21. The Bertz CT molecular complexity index is 816. The number of pyridine rings is 1. The molecule has 0 aromatic carbocycles. The van der Waals surface area contributed by atoms with E-state index in [-0.39, 0.29) is 6.03 Å². The molecular formula is C20H22N4O2. The molecule has 0 spiro atoms. The Labute approximate surface area is 153 Å². The van der Waals surface area contributed by atoms with Gasteiger partial charge in [0.1, 0.15) is 11.5 Å². The number of allylic oxidation sites excluding steroid dienone is 6. The Morgan fingerprint density at radius 3 is 2.92 bits per heavy atom. The lowest BCUT2D eigenvalue weighted by Crippen LogP contribution is -2.42. The molecule has 0 saturated heterocycles. The molecule has 1 aliphatic heterocycles. The van der Waals surface area contributed by atoms with Crippen molar-refractivity contribution < 1.29 is 9.59 Å². The van der Waals surface area contributed by atoms with Gasteiger partial charge in [-0.3, -0.25) is 9.69 Å². The van der Waals surface area contributed by atoms with Gasteiger partial charge in [-0.2, -0.15) is 5.26 Å². The van der Waals surface area contributed by atoms with Gasteiger partial charge in [0.05, 0.1) is 11.6 Å². The third kappa shape index (κ3) is 4.90. The van der Waals surface area contributed by atoms with E-state index in [1.807, 2.05) is 19.1 Å². The number of nitriles is 1. The standard InChI is InChI=1S/C20H22N4O2/c1-3-4-6-16(13-21)9-8-15(2)22-20(26)24-12-5-7-17-10-11-18(14-25)23-19(17)24/h4,6,8-11,14H,3,5,7,12H2,1-2H3,(H,22,26)/b6-4+,15-8+,16-9+. The van der Waals surface area contributed by atoms with E-state index in [9.17, 15) is 9.59 Å². The molecule has 6 heteroatoms. The van der Waals surface area contributed by atoms with Gasteiger partial charge in [-0.15, -0.1) is 0 Å². The maximum Gasteiger partial charge on any atom is 0.327 e. The van der Waals surface area contributed by atoms with Crippen LogP contribution in [0.3, 0.4) is 0 Å². The minimum atomic E-state index is -0.300. The fraction of sp³-hybridized carbons (Fsp3) is 0.300. The number of hydrogen-bond acceptors (Lipinski definition) is 4. The Kier molecular flexibility index (Phi) is 6.86. The van der Waals surface area contributed by atoms with E-state index in [1.165, 1.54) is 0 Å². The van der Waals surface area contributed by atoms with Crippen LogP contribution < -0.4 is 10.2 Å². The Hall–Kier alpha value is -3.20. The largest absolute Gasteiger partial charge is 0.327 e. The number of amides is 2. The number of nitrogens with one attached hydrogen (secondary N) is 1. The van der Waals surface area contributed by atoms with Crippen LogP contribution in [0.2, 0.25) is 0 Å². The fourth-order valence-corrected chi connectivity index (χ4v) is 2.59. The summed E-state index contributed by atoms with van der Waals surface area (Å²) in [5, 5.41) is 11.9. The molecule has 6 nitrogen and oxygen atoms in total. The molecule has 2 heterocycles. The van der Waals surface area contributed by atoms with E-state index in [2.05, 4.69) is 16.4 Å². The quantitative estimate of drug-likeness (QED) is 0.499. The number of rotatable bonds is 5. The van der Waals surface area contributed by atoms with Crippen molar-refractivity contribution >= 4 is 18.1 Å². The van der Waals surface area contributed by atoms with E-state index < -0.39 is 0 Å². The molecule has 26 heavy (non-hydrogen) atoms. The number of carbonyl (C=O) groups excluding carboxylic acids is 2. The first-order valence-corrected chi connectivity index (χ1v) is 8.58. The summed E-state index contributed by atoms with van der Waals surface area (Å²) in [7, 11) is 0. The Morgan fingerprint density at radius 1 is 1.42 bits per heavy atom. The van der Waals surface area contributed by atoms with Crippen molar-refractivity contribution in [2.24, 2.45) is 0 Å². The van der Waals surface area contributed by atoms with Crippen molar-refractivity contribution in [2.45, 2.75) is 33.1 Å². The Balaban J connectivity index is 2.15. The van der Waals surface area contributed by atoms with Crippen LogP contribution in [-0.4, -0.2) is 23.8 Å². The predicted octanol–water partition coefficient (Wildman–Crippen LogP) is 3.68. The average molecular weight is 350 g/mol. The maximum absolute atomic E-state index is 12.6. The number of anilines is 1. The van der Waals surface area contributed by atoms with Crippen molar-refractivity contribution in [3.8, 4) is 6.07 Å². The summed E-state index contributed by atoms with van der Waals surface area (Å²) in [6.07, 6.45) is 10.2. The number of hydrogen-bond donors (Lipinski definition) is 1. The molecule has 2 amide bonds. The first kappa shape index (κ1) is 19.1. The fourth-order valence-electron chi connectivity index (χ4n) is 2.59. The van der Waals surface area contributed by atoms with Gasteiger partial charge in [0.15, 0.2) is 6.29 Å². The van der Waals surface area contributed by atoms with Crippen molar-refractivity contribution in [3.05, 3.63) is 59.0 Å². The highest BCUT2D eigenvalue weighted by Crippen LogP contribution is 2.25. The van der Waals surface area contributed by atoms with Gasteiger partial charge in [-0.25, -0.2) is 9.78 Å². The van der Waals surface area contributed by atoms with Gasteiger partial charge in [-0.05, 0) is 56.0 Å². The van der Waals surface area contributed by atoms with Crippen LogP contribution >= 0.6 is 0 Å². The van der Waals surface area contributed by atoms with Crippen LogP contribution in [-0.2, 0) is 6.42 Å². The zero-order valence-electron chi connectivity index (χ0n) is 15.0. The van der Waals surface area contributed by atoms with Gasteiger partial charge in [-0.1, -0.05) is 19.1 Å². The van der Waals surface area contributed by atoms with Gasteiger partial charge < -0.3 is 5.32 Å². The highest BCUT2D eigenvalue weighted by Gasteiger charge is 2.24. The lowest BCUT2D eigenvalue weighted by Gasteiger charge is -2.28. The van der Waals surface area contributed by atoms with Crippen molar-refractivity contribution in [1.29, 1.82) is 5.26 Å². The summed E-state index contributed by atoms with van der Waals surface area (Å²) in [5.74, 6) is 0.533. The average Bonchev–Trinajstić information content (AvgIpc) is 2.67. The summed E-state index contributed by atoms with van der Waals surface area (Å²) >= 11 is 0. The topological polar surface area (TPSA) is 86.1 Å². The van der Waals surface area contributed by atoms with Crippen molar-refractivity contribution in [3.63, 3.8) is 0 Å². The van der Waals surface area contributed by atoms with E-state index in [4.69, 9.17) is 5.26 Å². The van der Waals surface area contributed by atoms with Crippen molar-refractivity contribution in [2.75, 3.05) is 11.4 Å². The summed E-state index contributed by atoms with van der Waals surface area (Å²) in [4.78, 5) is 29.4. The number of fused-ring (bicyclic) bond motifs is 1. The molecule has 1 aromatic rings. The zero-order chi connectivity index (χ0) is 18.9. The molecule has 1 aromatic heterocycles. The molecule has 0 bridgehead atoms. The molecule has 0 atom stereocenters. The number of carbonyl (C=O) groups is 2. The lowest BCUT2D eigenvalue weighted by atomic mass is 10.1. The molecule has 0 aliphatic carbocycles. The third-order valence-corrected chi connectivity index (χ3v) is 3.91. The highest BCUT2D eigenvalue weighted by molar-refractivity contribution is 5.93.